The number of aromatic nitrogens is 3. The Kier molecular flexibility index (Phi) is 5.60. The van der Waals surface area contributed by atoms with E-state index in [1.807, 2.05) is 26.0 Å². The molecule has 1 aliphatic heterocycles. The summed E-state index contributed by atoms with van der Waals surface area (Å²) in [7, 11) is 0. The average Bonchev–Trinajstić information content (AvgIpc) is 3.10. The van der Waals surface area contributed by atoms with Gasteiger partial charge < -0.3 is 14.7 Å². The molecule has 0 unspecified atom stereocenters. The number of nitrogens with one attached hydrogen (secondary N) is 2. The van der Waals surface area contributed by atoms with Gasteiger partial charge in [0.2, 0.25) is 11.8 Å². The zero-order valence-electron chi connectivity index (χ0n) is 14.6. The van der Waals surface area contributed by atoms with Crippen molar-refractivity contribution in [3.8, 4) is 0 Å². The van der Waals surface area contributed by atoms with Gasteiger partial charge >= 0.3 is 0 Å². The molecule has 8 heteroatoms. The van der Waals surface area contributed by atoms with Crippen LogP contribution in [0.25, 0.3) is 0 Å². The molecule has 25 heavy (non-hydrogen) atoms. The molecule has 1 saturated heterocycles. The first-order chi connectivity index (χ1) is 12.1. The van der Waals surface area contributed by atoms with Crippen molar-refractivity contribution in [2.24, 2.45) is 0 Å². The molecule has 0 radical (unpaired) electrons. The molecule has 3 heterocycles. The first kappa shape index (κ1) is 17.3. The van der Waals surface area contributed by atoms with E-state index in [1.54, 1.807) is 12.3 Å². The van der Waals surface area contributed by atoms with E-state index in [1.165, 1.54) is 0 Å². The number of piperidine rings is 1. The molecular formula is C17H24N6O2. The van der Waals surface area contributed by atoms with Crippen molar-refractivity contribution in [2.75, 3.05) is 29.9 Å². The fraction of sp³-hybridized carbons (Fsp3) is 0.529. The molecule has 0 aromatic carbocycles. The largest absolute Gasteiger partial charge is 0.354 e. The Labute approximate surface area is 147 Å². The molecule has 0 spiro atoms. The van der Waals surface area contributed by atoms with Gasteiger partial charge in [-0.2, -0.15) is 5.10 Å². The van der Waals surface area contributed by atoms with Crippen LogP contribution in [0.2, 0.25) is 0 Å². The summed E-state index contributed by atoms with van der Waals surface area (Å²) in [6.07, 6.45) is 3.75. The summed E-state index contributed by atoms with van der Waals surface area (Å²) in [5, 5.41) is 18.1. The third kappa shape index (κ3) is 4.76. The molecule has 0 bridgehead atoms. The van der Waals surface area contributed by atoms with E-state index in [0.717, 1.165) is 37.4 Å². The maximum Gasteiger partial charge on any atom is 0.240 e. The maximum atomic E-state index is 12.1. The zero-order valence-corrected chi connectivity index (χ0v) is 14.6. The second kappa shape index (κ2) is 8.06. The first-order valence-electron chi connectivity index (χ1n) is 8.64. The minimum Gasteiger partial charge on any atom is -0.354 e. The summed E-state index contributed by atoms with van der Waals surface area (Å²) in [4.78, 5) is 14.3. The maximum absolute atomic E-state index is 12.1. The second-order valence-corrected chi connectivity index (χ2v) is 6.57. The Hall–Kier alpha value is -2.48. The van der Waals surface area contributed by atoms with E-state index in [9.17, 15) is 4.79 Å². The van der Waals surface area contributed by atoms with E-state index in [2.05, 4.69) is 30.9 Å². The third-order valence-electron chi connectivity index (χ3n) is 4.24. The molecule has 0 saturated carbocycles. The van der Waals surface area contributed by atoms with Crippen LogP contribution < -0.4 is 15.5 Å². The van der Waals surface area contributed by atoms with Gasteiger partial charge in [-0.25, -0.2) is 0 Å². The smallest absolute Gasteiger partial charge is 0.240 e. The Balaban J connectivity index is 1.46. The van der Waals surface area contributed by atoms with Crippen LogP contribution in [-0.2, 0) is 4.79 Å². The first-order valence-corrected chi connectivity index (χ1v) is 8.64. The van der Waals surface area contributed by atoms with Gasteiger partial charge in [-0.05, 0) is 30.9 Å². The van der Waals surface area contributed by atoms with Crippen molar-refractivity contribution in [1.29, 1.82) is 0 Å². The number of hydrogen-bond acceptors (Lipinski definition) is 7. The van der Waals surface area contributed by atoms with Crippen LogP contribution in [0.1, 0.15) is 38.3 Å². The quantitative estimate of drug-likeness (QED) is 0.824. The van der Waals surface area contributed by atoms with Gasteiger partial charge in [0.15, 0.2) is 5.82 Å². The summed E-state index contributed by atoms with van der Waals surface area (Å²) < 4.78 is 5.13. The SMILES string of the molecule is CC(C)c1cc(NC(=O)CN[C@H]2CCCN(c3cccnn3)C2)on1. The summed E-state index contributed by atoms with van der Waals surface area (Å²) in [6, 6.07) is 5.84. The topological polar surface area (TPSA) is 96.2 Å². The molecule has 1 amide bonds. The zero-order chi connectivity index (χ0) is 17.6. The fourth-order valence-electron chi connectivity index (χ4n) is 2.85. The van der Waals surface area contributed by atoms with Crippen LogP contribution in [-0.4, -0.2) is 46.9 Å². The highest BCUT2D eigenvalue weighted by Gasteiger charge is 2.21. The molecule has 2 N–H and O–H groups in total. The van der Waals surface area contributed by atoms with Crippen LogP contribution in [0.15, 0.2) is 28.9 Å². The number of anilines is 2. The van der Waals surface area contributed by atoms with Crippen LogP contribution in [0.3, 0.4) is 0 Å². The number of carbonyl (C=O) groups is 1. The van der Waals surface area contributed by atoms with Crippen molar-refractivity contribution in [3.05, 3.63) is 30.1 Å². The molecule has 1 atom stereocenters. The second-order valence-electron chi connectivity index (χ2n) is 6.57. The average molecular weight is 344 g/mol. The Bertz CT molecular complexity index is 687. The standard InChI is InChI=1S/C17H24N6O2/c1-12(2)14-9-17(25-22-14)20-16(24)10-18-13-5-4-8-23(11-13)15-6-3-7-19-21-15/h3,6-7,9,12-13,18H,4-5,8,10-11H2,1-2H3,(H,20,24)/t13-/m0/s1. The molecule has 8 nitrogen and oxygen atoms in total. The highest BCUT2D eigenvalue weighted by Crippen LogP contribution is 2.18. The molecule has 2 aromatic rings. The fourth-order valence-corrected chi connectivity index (χ4v) is 2.85. The van der Waals surface area contributed by atoms with E-state index in [4.69, 9.17) is 4.52 Å². The molecule has 0 aliphatic carbocycles. The minimum absolute atomic E-state index is 0.136. The Morgan fingerprint density at radius 2 is 2.36 bits per heavy atom. The van der Waals surface area contributed by atoms with E-state index < -0.39 is 0 Å². The van der Waals surface area contributed by atoms with Crippen LogP contribution in [0.4, 0.5) is 11.7 Å². The van der Waals surface area contributed by atoms with Gasteiger partial charge in [0.05, 0.1) is 12.2 Å². The lowest BCUT2D eigenvalue weighted by Gasteiger charge is -2.33. The van der Waals surface area contributed by atoms with E-state index in [0.29, 0.717) is 5.88 Å². The van der Waals surface area contributed by atoms with Gasteiger partial charge in [0.1, 0.15) is 0 Å². The summed E-state index contributed by atoms with van der Waals surface area (Å²) in [5.41, 5.74) is 0.829. The van der Waals surface area contributed by atoms with Gasteiger partial charge in [-0.3, -0.25) is 10.1 Å². The monoisotopic (exact) mass is 344 g/mol. The lowest BCUT2D eigenvalue weighted by molar-refractivity contribution is -0.115. The summed E-state index contributed by atoms with van der Waals surface area (Å²) in [6.45, 7) is 6.05. The number of hydrogen-bond donors (Lipinski definition) is 2. The predicted octanol–water partition coefficient (Wildman–Crippen LogP) is 1.79. The van der Waals surface area contributed by atoms with E-state index >= 15 is 0 Å². The summed E-state index contributed by atoms with van der Waals surface area (Å²) in [5.74, 6) is 1.39. The molecule has 2 aromatic heterocycles. The Morgan fingerprint density at radius 1 is 1.48 bits per heavy atom. The van der Waals surface area contributed by atoms with E-state index in [-0.39, 0.29) is 24.4 Å². The van der Waals surface area contributed by atoms with Crippen molar-refractivity contribution >= 4 is 17.6 Å². The highest BCUT2D eigenvalue weighted by molar-refractivity contribution is 5.91. The Morgan fingerprint density at radius 3 is 3.08 bits per heavy atom. The summed E-state index contributed by atoms with van der Waals surface area (Å²) >= 11 is 0. The number of rotatable bonds is 6. The van der Waals surface area contributed by atoms with Gasteiger partial charge in [-0.1, -0.05) is 19.0 Å². The minimum atomic E-state index is -0.136. The highest BCUT2D eigenvalue weighted by atomic mass is 16.5. The van der Waals surface area contributed by atoms with Crippen molar-refractivity contribution in [1.82, 2.24) is 20.7 Å². The number of nitrogens with zero attached hydrogens (tertiary/aromatic N) is 4. The molecule has 1 aliphatic rings. The molecule has 3 rings (SSSR count). The normalized spacial score (nSPS) is 17.7. The number of carbonyl (C=O) groups excluding carboxylic acids is 1. The number of amides is 1. The third-order valence-corrected chi connectivity index (χ3v) is 4.24. The van der Waals surface area contributed by atoms with Crippen LogP contribution in [0, 0.1) is 0 Å². The van der Waals surface area contributed by atoms with Gasteiger partial charge in [-0.15, -0.1) is 5.10 Å². The van der Waals surface area contributed by atoms with Gasteiger partial charge in [0, 0.05) is 31.4 Å². The van der Waals surface area contributed by atoms with Crippen molar-refractivity contribution in [2.45, 2.75) is 38.6 Å². The van der Waals surface area contributed by atoms with Crippen molar-refractivity contribution in [3.63, 3.8) is 0 Å². The predicted molar refractivity (Wildman–Crippen MR) is 94.5 cm³/mol. The van der Waals surface area contributed by atoms with Gasteiger partial charge in [0.25, 0.3) is 0 Å². The van der Waals surface area contributed by atoms with Crippen molar-refractivity contribution < 1.29 is 9.32 Å². The lowest BCUT2D eigenvalue weighted by atomic mass is 10.1. The van der Waals surface area contributed by atoms with Crippen LogP contribution in [0.5, 0.6) is 0 Å². The lowest BCUT2D eigenvalue weighted by Crippen LogP contribution is -2.48. The molecular weight excluding hydrogens is 320 g/mol. The van der Waals surface area contributed by atoms with Crippen LogP contribution >= 0.6 is 0 Å². The molecule has 134 valence electrons. The molecule has 1 fully saturated rings.